The molecule has 2 aromatic carbocycles. The number of sulfone groups is 1. The maximum atomic E-state index is 11.4. The fourth-order valence-corrected chi connectivity index (χ4v) is 4.23. The molecule has 0 atom stereocenters. The lowest BCUT2D eigenvalue weighted by molar-refractivity contribution is 0.462. The van der Waals surface area contributed by atoms with Gasteiger partial charge in [-0.2, -0.15) is 0 Å². The quantitative estimate of drug-likeness (QED) is 0.848. The van der Waals surface area contributed by atoms with E-state index in [1.54, 1.807) is 0 Å². The molecule has 0 radical (unpaired) electrons. The minimum atomic E-state index is -2.99. The van der Waals surface area contributed by atoms with Gasteiger partial charge in [0.25, 0.3) is 0 Å². The molecular weight excluding hydrogens is 318 g/mol. The smallest absolute Gasteiger partial charge is 0.151 e. The minimum absolute atomic E-state index is 0.111. The molecular formula is C20H25NO2S. The van der Waals surface area contributed by atoms with E-state index in [1.165, 1.54) is 17.4 Å². The Labute approximate surface area is 145 Å². The summed E-state index contributed by atoms with van der Waals surface area (Å²) in [6.45, 7) is 0.790. The van der Waals surface area contributed by atoms with Gasteiger partial charge in [0.05, 0.1) is 5.75 Å². The van der Waals surface area contributed by atoms with Gasteiger partial charge in [-0.3, -0.25) is 0 Å². The van der Waals surface area contributed by atoms with E-state index in [1.807, 2.05) is 18.2 Å². The summed E-state index contributed by atoms with van der Waals surface area (Å²) in [4.78, 5) is 0. The predicted octanol–water partition coefficient (Wildman–Crippen LogP) is 3.27. The van der Waals surface area contributed by atoms with Crippen molar-refractivity contribution in [2.24, 2.45) is 0 Å². The van der Waals surface area contributed by atoms with Gasteiger partial charge in [0.15, 0.2) is 9.84 Å². The Balaban J connectivity index is 1.58. The summed E-state index contributed by atoms with van der Waals surface area (Å²) in [7, 11) is -2.99. The zero-order chi connectivity index (χ0) is 17.0. The fraction of sp³-hybridized carbons (Fsp3) is 0.400. The molecule has 1 aliphatic carbocycles. The third-order valence-corrected chi connectivity index (χ3v) is 5.52. The molecule has 0 saturated carbocycles. The van der Waals surface area contributed by atoms with Crippen molar-refractivity contribution >= 4 is 9.84 Å². The standard InChI is InChI=1S/C20H25NO2S/c1-24(22,23)15-17-6-4-5-16(13-17)14-21-20-11-9-18-7-2-3-8-19(18)10-12-20/h2-8,13,20-21H,9-12,14-15H2,1H3. The molecule has 0 spiro atoms. The van der Waals surface area contributed by atoms with E-state index < -0.39 is 9.84 Å². The average Bonchev–Trinajstić information content (AvgIpc) is 2.74. The van der Waals surface area contributed by atoms with Crippen LogP contribution in [-0.4, -0.2) is 20.7 Å². The number of hydrogen-bond donors (Lipinski definition) is 1. The normalized spacial score (nSPS) is 15.7. The second-order valence-electron chi connectivity index (χ2n) is 6.81. The number of aryl methyl sites for hydroxylation is 2. The molecule has 0 saturated heterocycles. The van der Waals surface area contributed by atoms with Gasteiger partial charge >= 0.3 is 0 Å². The minimum Gasteiger partial charge on any atom is -0.310 e. The van der Waals surface area contributed by atoms with Gasteiger partial charge in [-0.05, 0) is 47.9 Å². The number of rotatable bonds is 5. The second kappa shape index (κ2) is 7.49. The molecule has 1 aliphatic rings. The van der Waals surface area contributed by atoms with Crippen LogP contribution in [0, 0.1) is 0 Å². The summed E-state index contributed by atoms with van der Waals surface area (Å²) >= 11 is 0. The van der Waals surface area contributed by atoms with Crippen LogP contribution < -0.4 is 5.32 Å². The van der Waals surface area contributed by atoms with Crippen molar-refractivity contribution < 1.29 is 8.42 Å². The SMILES string of the molecule is CS(=O)(=O)Cc1cccc(CNC2CCc3ccccc3CC2)c1. The second-order valence-corrected chi connectivity index (χ2v) is 8.95. The lowest BCUT2D eigenvalue weighted by atomic mass is 10.0. The van der Waals surface area contributed by atoms with Crippen molar-refractivity contribution in [2.45, 2.75) is 44.0 Å². The van der Waals surface area contributed by atoms with E-state index in [0.717, 1.165) is 43.4 Å². The third-order valence-electron chi connectivity index (χ3n) is 4.66. The molecule has 0 aliphatic heterocycles. The summed E-state index contributed by atoms with van der Waals surface area (Å²) in [5.41, 5.74) is 4.98. The van der Waals surface area contributed by atoms with E-state index >= 15 is 0 Å². The number of nitrogens with one attached hydrogen (secondary N) is 1. The van der Waals surface area contributed by atoms with E-state index in [4.69, 9.17) is 0 Å². The molecule has 3 rings (SSSR count). The summed E-state index contributed by atoms with van der Waals surface area (Å²) < 4.78 is 22.9. The van der Waals surface area contributed by atoms with E-state index in [9.17, 15) is 8.42 Å². The van der Waals surface area contributed by atoms with Gasteiger partial charge in [-0.15, -0.1) is 0 Å². The van der Waals surface area contributed by atoms with Gasteiger partial charge in [0.1, 0.15) is 0 Å². The lowest BCUT2D eigenvalue weighted by Crippen LogP contribution is -2.28. The van der Waals surface area contributed by atoms with Crippen LogP contribution in [0.25, 0.3) is 0 Å². The van der Waals surface area contributed by atoms with Crippen molar-refractivity contribution in [1.82, 2.24) is 5.32 Å². The monoisotopic (exact) mass is 343 g/mol. The van der Waals surface area contributed by atoms with Crippen LogP contribution >= 0.6 is 0 Å². The van der Waals surface area contributed by atoms with Crippen LogP contribution in [0.3, 0.4) is 0 Å². The van der Waals surface area contributed by atoms with E-state index in [2.05, 4.69) is 35.6 Å². The number of fused-ring (bicyclic) bond motifs is 1. The van der Waals surface area contributed by atoms with E-state index in [0.29, 0.717) is 6.04 Å². The molecule has 0 amide bonds. The van der Waals surface area contributed by atoms with Crippen LogP contribution in [-0.2, 0) is 35.0 Å². The molecule has 0 aromatic heterocycles. The summed E-state index contributed by atoms with van der Waals surface area (Å²) in [5.74, 6) is 0.111. The van der Waals surface area contributed by atoms with Crippen LogP contribution in [0.1, 0.15) is 35.1 Å². The molecule has 0 unspecified atom stereocenters. The summed E-state index contributed by atoms with van der Waals surface area (Å²) in [6, 6.07) is 17.1. The van der Waals surface area contributed by atoms with Gasteiger partial charge < -0.3 is 5.32 Å². The topological polar surface area (TPSA) is 46.2 Å². The van der Waals surface area contributed by atoms with Gasteiger partial charge in [-0.25, -0.2) is 8.42 Å². The van der Waals surface area contributed by atoms with Crippen LogP contribution in [0.4, 0.5) is 0 Å². The molecule has 1 N–H and O–H groups in total. The maximum Gasteiger partial charge on any atom is 0.151 e. The molecule has 128 valence electrons. The van der Waals surface area contributed by atoms with Gasteiger partial charge in [-0.1, -0.05) is 48.5 Å². The van der Waals surface area contributed by atoms with Crippen molar-refractivity contribution in [2.75, 3.05) is 6.26 Å². The number of hydrogen-bond acceptors (Lipinski definition) is 3. The summed E-state index contributed by atoms with van der Waals surface area (Å²) in [6.07, 6.45) is 5.84. The highest BCUT2D eigenvalue weighted by Gasteiger charge is 2.15. The fourth-order valence-electron chi connectivity index (χ4n) is 3.45. The van der Waals surface area contributed by atoms with Crippen LogP contribution in [0.5, 0.6) is 0 Å². The largest absolute Gasteiger partial charge is 0.310 e. The Morgan fingerprint density at radius 3 is 2.21 bits per heavy atom. The Morgan fingerprint density at radius 2 is 1.58 bits per heavy atom. The third kappa shape index (κ3) is 4.92. The van der Waals surface area contributed by atoms with Crippen LogP contribution in [0.15, 0.2) is 48.5 Å². The highest BCUT2D eigenvalue weighted by molar-refractivity contribution is 7.89. The first-order valence-corrected chi connectivity index (χ1v) is 10.6. The molecule has 0 fully saturated rings. The zero-order valence-electron chi connectivity index (χ0n) is 14.2. The lowest BCUT2D eigenvalue weighted by Gasteiger charge is -2.16. The van der Waals surface area contributed by atoms with Crippen molar-refractivity contribution in [3.8, 4) is 0 Å². The highest BCUT2D eigenvalue weighted by atomic mass is 32.2. The maximum absolute atomic E-state index is 11.4. The van der Waals surface area contributed by atoms with Crippen molar-refractivity contribution in [1.29, 1.82) is 0 Å². The van der Waals surface area contributed by atoms with Crippen molar-refractivity contribution in [3.05, 3.63) is 70.8 Å². The van der Waals surface area contributed by atoms with E-state index in [-0.39, 0.29) is 5.75 Å². The van der Waals surface area contributed by atoms with Gasteiger partial charge in [0.2, 0.25) is 0 Å². The number of benzene rings is 2. The first-order chi connectivity index (χ1) is 11.5. The molecule has 4 heteroatoms. The first kappa shape index (κ1) is 17.2. The van der Waals surface area contributed by atoms with Gasteiger partial charge in [0, 0.05) is 18.8 Å². The highest BCUT2D eigenvalue weighted by Crippen LogP contribution is 2.21. The Hall–Kier alpha value is -1.65. The molecule has 0 heterocycles. The zero-order valence-corrected chi connectivity index (χ0v) is 15.0. The average molecular weight is 343 g/mol. The Morgan fingerprint density at radius 1 is 0.958 bits per heavy atom. The molecule has 0 bridgehead atoms. The Kier molecular flexibility index (Phi) is 5.36. The predicted molar refractivity (Wildman–Crippen MR) is 98.7 cm³/mol. The van der Waals surface area contributed by atoms with Crippen molar-refractivity contribution in [3.63, 3.8) is 0 Å². The molecule has 2 aromatic rings. The first-order valence-electron chi connectivity index (χ1n) is 8.55. The molecule has 24 heavy (non-hydrogen) atoms. The van der Waals surface area contributed by atoms with Crippen LogP contribution in [0.2, 0.25) is 0 Å². The molecule has 3 nitrogen and oxygen atoms in total. The Bertz CT molecular complexity index is 772. The summed E-state index contributed by atoms with van der Waals surface area (Å²) in [5, 5.41) is 3.65.